The summed E-state index contributed by atoms with van der Waals surface area (Å²) in [4.78, 5) is 44.8. The lowest BCUT2D eigenvalue weighted by molar-refractivity contribution is -0.143. The standard InChI is InChI=1S/C14H19N3O5/c1-9-4-5-13(20)17(8-9)6-2-3-12(19)16-10(14(21)22)7-11(15)18/h4-5,8,10H,2-3,6-7H2,1H3,(H2,15,18)(H,16,19)(H,21,22). The second kappa shape index (κ2) is 7.96. The number of amides is 2. The number of primary amides is 1. The Labute approximate surface area is 126 Å². The van der Waals surface area contributed by atoms with Crippen LogP contribution in [0.1, 0.15) is 24.8 Å². The fourth-order valence-electron chi connectivity index (χ4n) is 1.90. The van der Waals surface area contributed by atoms with Gasteiger partial charge in [-0.2, -0.15) is 0 Å². The second-order valence-electron chi connectivity index (χ2n) is 4.97. The van der Waals surface area contributed by atoms with E-state index in [1.807, 2.05) is 6.92 Å². The van der Waals surface area contributed by atoms with Crippen LogP contribution in [0, 0.1) is 6.92 Å². The van der Waals surface area contributed by atoms with Gasteiger partial charge in [0.1, 0.15) is 6.04 Å². The van der Waals surface area contributed by atoms with Crippen molar-refractivity contribution in [1.29, 1.82) is 0 Å². The Hall–Kier alpha value is -2.64. The van der Waals surface area contributed by atoms with Crippen LogP contribution in [0.4, 0.5) is 0 Å². The van der Waals surface area contributed by atoms with Crippen molar-refractivity contribution in [3.05, 3.63) is 34.2 Å². The van der Waals surface area contributed by atoms with Crippen LogP contribution in [0.25, 0.3) is 0 Å². The molecular weight excluding hydrogens is 290 g/mol. The molecule has 1 aromatic rings. The highest BCUT2D eigenvalue weighted by Gasteiger charge is 2.21. The van der Waals surface area contributed by atoms with E-state index in [1.54, 1.807) is 12.3 Å². The van der Waals surface area contributed by atoms with E-state index in [9.17, 15) is 19.2 Å². The summed E-state index contributed by atoms with van der Waals surface area (Å²) in [5.74, 6) is -2.63. The zero-order chi connectivity index (χ0) is 16.7. The fraction of sp³-hybridized carbons (Fsp3) is 0.429. The van der Waals surface area contributed by atoms with Crippen molar-refractivity contribution < 1.29 is 19.5 Å². The highest BCUT2D eigenvalue weighted by molar-refractivity contribution is 5.88. The van der Waals surface area contributed by atoms with E-state index in [0.29, 0.717) is 13.0 Å². The van der Waals surface area contributed by atoms with Crippen LogP contribution in [0.3, 0.4) is 0 Å². The van der Waals surface area contributed by atoms with Crippen molar-refractivity contribution >= 4 is 17.8 Å². The molecule has 4 N–H and O–H groups in total. The first-order chi connectivity index (χ1) is 10.3. The molecule has 0 aliphatic heterocycles. The highest BCUT2D eigenvalue weighted by Crippen LogP contribution is 1.99. The number of carboxylic acids is 1. The van der Waals surface area contributed by atoms with E-state index in [0.717, 1.165) is 5.56 Å². The summed E-state index contributed by atoms with van der Waals surface area (Å²) in [5, 5.41) is 11.1. The van der Waals surface area contributed by atoms with Gasteiger partial charge in [0, 0.05) is 25.2 Å². The molecule has 0 aliphatic rings. The van der Waals surface area contributed by atoms with Crippen molar-refractivity contribution in [2.75, 3.05) is 0 Å². The number of nitrogens with one attached hydrogen (secondary N) is 1. The Kier molecular flexibility index (Phi) is 6.30. The molecule has 1 heterocycles. The first kappa shape index (κ1) is 17.4. The third kappa shape index (κ3) is 5.78. The molecule has 0 fully saturated rings. The van der Waals surface area contributed by atoms with Gasteiger partial charge in [0.25, 0.3) is 5.56 Å². The second-order valence-corrected chi connectivity index (χ2v) is 4.97. The molecule has 120 valence electrons. The summed E-state index contributed by atoms with van der Waals surface area (Å²) in [6, 6.07) is 1.82. The summed E-state index contributed by atoms with van der Waals surface area (Å²) in [6.07, 6.45) is 1.65. The van der Waals surface area contributed by atoms with Crippen molar-refractivity contribution in [3.8, 4) is 0 Å². The van der Waals surface area contributed by atoms with E-state index in [-0.39, 0.29) is 12.0 Å². The maximum absolute atomic E-state index is 11.7. The molecule has 1 unspecified atom stereocenters. The largest absolute Gasteiger partial charge is 0.480 e. The summed E-state index contributed by atoms with van der Waals surface area (Å²) in [5.41, 5.74) is 5.69. The average Bonchev–Trinajstić information content (AvgIpc) is 2.41. The Morgan fingerprint density at radius 2 is 2.05 bits per heavy atom. The van der Waals surface area contributed by atoms with E-state index < -0.39 is 30.2 Å². The summed E-state index contributed by atoms with van der Waals surface area (Å²) < 4.78 is 1.49. The molecule has 8 heteroatoms. The van der Waals surface area contributed by atoms with Crippen LogP contribution in [0.15, 0.2) is 23.1 Å². The minimum Gasteiger partial charge on any atom is -0.480 e. The molecule has 0 spiro atoms. The smallest absolute Gasteiger partial charge is 0.326 e. The zero-order valence-corrected chi connectivity index (χ0v) is 12.2. The van der Waals surface area contributed by atoms with Crippen molar-refractivity contribution in [3.63, 3.8) is 0 Å². The van der Waals surface area contributed by atoms with Gasteiger partial charge in [0.2, 0.25) is 11.8 Å². The topological polar surface area (TPSA) is 131 Å². The maximum atomic E-state index is 11.7. The van der Waals surface area contributed by atoms with Gasteiger partial charge in [-0.25, -0.2) is 4.79 Å². The molecule has 0 aliphatic carbocycles. The predicted molar refractivity (Wildman–Crippen MR) is 78.1 cm³/mol. The molecule has 2 amide bonds. The number of nitrogens with zero attached hydrogens (tertiary/aromatic N) is 1. The van der Waals surface area contributed by atoms with Crippen LogP contribution < -0.4 is 16.6 Å². The molecule has 1 aromatic heterocycles. The summed E-state index contributed by atoms with van der Waals surface area (Å²) >= 11 is 0. The van der Waals surface area contributed by atoms with Crippen molar-refractivity contribution in [1.82, 2.24) is 9.88 Å². The van der Waals surface area contributed by atoms with Gasteiger partial charge in [-0.05, 0) is 18.9 Å². The highest BCUT2D eigenvalue weighted by atomic mass is 16.4. The molecule has 0 aromatic carbocycles. The SMILES string of the molecule is Cc1ccc(=O)n(CCCC(=O)NC(CC(N)=O)C(=O)O)c1. The minimum absolute atomic E-state index is 0.0446. The molecule has 0 bridgehead atoms. The van der Waals surface area contributed by atoms with E-state index in [1.165, 1.54) is 10.6 Å². The van der Waals surface area contributed by atoms with Gasteiger partial charge in [0.15, 0.2) is 0 Å². The summed E-state index contributed by atoms with van der Waals surface area (Å²) in [6.45, 7) is 2.20. The Morgan fingerprint density at radius 1 is 1.36 bits per heavy atom. The molecule has 0 saturated heterocycles. The van der Waals surface area contributed by atoms with Crippen LogP contribution in [0.5, 0.6) is 0 Å². The zero-order valence-electron chi connectivity index (χ0n) is 12.2. The maximum Gasteiger partial charge on any atom is 0.326 e. The third-order valence-electron chi connectivity index (χ3n) is 2.97. The normalized spacial score (nSPS) is 11.7. The van der Waals surface area contributed by atoms with Gasteiger partial charge < -0.3 is 20.7 Å². The number of hydrogen-bond donors (Lipinski definition) is 3. The van der Waals surface area contributed by atoms with E-state index in [4.69, 9.17) is 10.8 Å². The monoisotopic (exact) mass is 309 g/mol. The van der Waals surface area contributed by atoms with Gasteiger partial charge in [-0.1, -0.05) is 6.07 Å². The molecule has 8 nitrogen and oxygen atoms in total. The van der Waals surface area contributed by atoms with Crippen LogP contribution >= 0.6 is 0 Å². The quantitative estimate of drug-likeness (QED) is 0.589. The average molecular weight is 309 g/mol. The van der Waals surface area contributed by atoms with Gasteiger partial charge in [0.05, 0.1) is 6.42 Å². The molecule has 1 rings (SSSR count). The molecule has 0 saturated carbocycles. The number of aromatic nitrogens is 1. The Balaban J connectivity index is 2.48. The lowest BCUT2D eigenvalue weighted by Gasteiger charge is -2.13. The number of carbonyl (C=O) groups is 3. The lowest BCUT2D eigenvalue weighted by Crippen LogP contribution is -2.43. The first-order valence-corrected chi connectivity index (χ1v) is 6.77. The van der Waals surface area contributed by atoms with Gasteiger partial charge >= 0.3 is 5.97 Å². The number of pyridine rings is 1. The Bertz CT molecular complexity index is 623. The van der Waals surface area contributed by atoms with Gasteiger partial charge in [-0.15, -0.1) is 0 Å². The van der Waals surface area contributed by atoms with E-state index >= 15 is 0 Å². The minimum atomic E-state index is -1.33. The van der Waals surface area contributed by atoms with Crippen LogP contribution in [-0.4, -0.2) is 33.5 Å². The van der Waals surface area contributed by atoms with Crippen LogP contribution in [0.2, 0.25) is 0 Å². The molecule has 22 heavy (non-hydrogen) atoms. The molecule has 1 atom stereocenters. The van der Waals surface area contributed by atoms with Crippen molar-refractivity contribution in [2.24, 2.45) is 5.73 Å². The third-order valence-corrected chi connectivity index (χ3v) is 2.97. The van der Waals surface area contributed by atoms with Crippen LogP contribution in [-0.2, 0) is 20.9 Å². The number of nitrogens with two attached hydrogens (primary N) is 1. The number of carboxylic acid groups (broad SMARTS) is 1. The number of carbonyl (C=O) groups excluding carboxylic acids is 2. The number of aryl methyl sites for hydroxylation is 2. The molecule has 0 radical (unpaired) electrons. The lowest BCUT2D eigenvalue weighted by atomic mass is 10.2. The molecular formula is C14H19N3O5. The predicted octanol–water partition coefficient (Wildman–Crippen LogP) is -0.618. The van der Waals surface area contributed by atoms with E-state index in [2.05, 4.69) is 5.32 Å². The van der Waals surface area contributed by atoms with Gasteiger partial charge in [-0.3, -0.25) is 14.4 Å². The fourth-order valence-corrected chi connectivity index (χ4v) is 1.90. The van der Waals surface area contributed by atoms with Crippen molar-refractivity contribution in [2.45, 2.75) is 38.8 Å². The number of rotatable bonds is 8. The first-order valence-electron chi connectivity index (χ1n) is 6.77. The number of hydrogen-bond acceptors (Lipinski definition) is 4. The number of aliphatic carboxylic acids is 1. The summed E-state index contributed by atoms with van der Waals surface area (Å²) in [7, 11) is 0. The Morgan fingerprint density at radius 3 is 2.64 bits per heavy atom.